The summed E-state index contributed by atoms with van der Waals surface area (Å²) in [5, 5.41) is 14.1. The van der Waals surface area contributed by atoms with Crippen LogP contribution in [0.3, 0.4) is 0 Å². The van der Waals surface area contributed by atoms with Crippen molar-refractivity contribution in [2.45, 2.75) is 46.1 Å². The van der Waals surface area contributed by atoms with E-state index in [2.05, 4.69) is 5.32 Å². The molecule has 0 saturated heterocycles. The number of rotatable bonds is 8. The van der Waals surface area contributed by atoms with Gasteiger partial charge in [-0.1, -0.05) is 0 Å². The molecule has 2 aromatic heterocycles. The van der Waals surface area contributed by atoms with Crippen LogP contribution in [0.25, 0.3) is 21.9 Å². The lowest BCUT2D eigenvalue weighted by atomic mass is 9.98. The largest absolute Gasteiger partial charge is 0.464 e. The Kier molecular flexibility index (Phi) is 6.70. The molecule has 0 aliphatic carbocycles. The molecule has 3 rings (SSSR count). The number of aryl methyl sites for hydroxylation is 3. The van der Waals surface area contributed by atoms with E-state index in [4.69, 9.17) is 8.83 Å². The summed E-state index contributed by atoms with van der Waals surface area (Å²) in [6.45, 7) is 5.66. The lowest BCUT2D eigenvalue weighted by molar-refractivity contribution is -0.122. The van der Waals surface area contributed by atoms with Crippen molar-refractivity contribution in [2.75, 3.05) is 18.6 Å². The first-order valence-electron chi connectivity index (χ1n) is 9.70. The Labute approximate surface area is 173 Å². The van der Waals surface area contributed by atoms with Gasteiger partial charge in [0.05, 0.1) is 18.9 Å². The van der Waals surface area contributed by atoms with E-state index < -0.39 is 5.63 Å². The maximum atomic E-state index is 12.6. The highest BCUT2D eigenvalue weighted by Gasteiger charge is 2.18. The molecule has 0 aliphatic heterocycles. The summed E-state index contributed by atoms with van der Waals surface area (Å²) >= 11 is 1.67. The summed E-state index contributed by atoms with van der Waals surface area (Å²) in [6.07, 6.45) is 4.85. The topological polar surface area (TPSA) is 92.7 Å². The summed E-state index contributed by atoms with van der Waals surface area (Å²) in [6, 6.07) is 1.73. The molecule has 3 aromatic rings. The number of hydrogen-bond donors (Lipinski definition) is 2. The highest BCUT2D eigenvalue weighted by molar-refractivity contribution is 7.98. The molecule has 2 N–H and O–H groups in total. The lowest BCUT2D eigenvalue weighted by Gasteiger charge is -2.16. The summed E-state index contributed by atoms with van der Waals surface area (Å²) in [4.78, 5) is 24.9. The van der Waals surface area contributed by atoms with Crippen LogP contribution in [0.4, 0.5) is 0 Å². The first-order chi connectivity index (χ1) is 13.9. The van der Waals surface area contributed by atoms with Gasteiger partial charge in [0.25, 0.3) is 0 Å². The van der Waals surface area contributed by atoms with Crippen molar-refractivity contribution in [1.82, 2.24) is 5.32 Å². The number of aliphatic hydroxyl groups is 1. The maximum Gasteiger partial charge on any atom is 0.339 e. The minimum absolute atomic E-state index is 0.0945. The normalized spacial score (nSPS) is 12.6. The molecule has 0 unspecified atom stereocenters. The molecule has 1 aromatic carbocycles. The van der Waals surface area contributed by atoms with Crippen molar-refractivity contribution in [3.63, 3.8) is 0 Å². The van der Waals surface area contributed by atoms with Crippen molar-refractivity contribution in [3.05, 3.63) is 45.0 Å². The van der Waals surface area contributed by atoms with Gasteiger partial charge in [-0.2, -0.15) is 11.8 Å². The van der Waals surface area contributed by atoms with Gasteiger partial charge >= 0.3 is 5.63 Å². The van der Waals surface area contributed by atoms with Gasteiger partial charge in [0, 0.05) is 28.3 Å². The number of furan rings is 1. The van der Waals surface area contributed by atoms with Crippen LogP contribution in [0.15, 0.2) is 26.0 Å². The number of fused-ring (bicyclic) bond motifs is 2. The number of carbonyl (C=O) groups is 1. The third-order valence-electron chi connectivity index (χ3n) is 5.39. The Morgan fingerprint density at radius 1 is 1.21 bits per heavy atom. The predicted octanol–water partition coefficient (Wildman–Crippen LogP) is 3.63. The number of aliphatic hydroxyl groups excluding tert-OH is 1. The molecule has 29 heavy (non-hydrogen) atoms. The van der Waals surface area contributed by atoms with Crippen molar-refractivity contribution in [2.24, 2.45) is 0 Å². The number of benzene rings is 1. The number of amides is 1. The van der Waals surface area contributed by atoms with Gasteiger partial charge in [0.2, 0.25) is 5.91 Å². The van der Waals surface area contributed by atoms with Gasteiger partial charge < -0.3 is 19.3 Å². The highest BCUT2D eigenvalue weighted by atomic mass is 32.2. The summed E-state index contributed by atoms with van der Waals surface area (Å²) in [5.41, 5.74) is 4.00. The van der Waals surface area contributed by atoms with Gasteiger partial charge in [0.15, 0.2) is 0 Å². The molecule has 1 atom stereocenters. The summed E-state index contributed by atoms with van der Waals surface area (Å²) in [5.74, 6) is 0.682. The minimum atomic E-state index is -0.422. The van der Waals surface area contributed by atoms with Crippen LogP contribution >= 0.6 is 11.8 Å². The second-order valence-electron chi connectivity index (χ2n) is 7.40. The van der Waals surface area contributed by atoms with E-state index in [1.807, 2.05) is 33.1 Å². The molecule has 1 amide bonds. The summed E-state index contributed by atoms with van der Waals surface area (Å²) in [7, 11) is 0. The zero-order valence-electron chi connectivity index (χ0n) is 17.3. The molecule has 0 bridgehead atoms. The number of hydrogen-bond acceptors (Lipinski definition) is 6. The molecule has 0 radical (unpaired) electrons. The fourth-order valence-electron chi connectivity index (χ4n) is 3.62. The highest BCUT2D eigenvalue weighted by Crippen LogP contribution is 2.32. The van der Waals surface area contributed by atoms with Gasteiger partial charge in [-0.25, -0.2) is 4.79 Å². The monoisotopic (exact) mass is 417 g/mol. The fourth-order valence-corrected chi connectivity index (χ4v) is 4.14. The van der Waals surface area contributed by atoms with Crippen LogP contribution in [0, 0.1) is 20.8 Å². The molecule has 0 fully saturated rings. The standard InChI is InChI=1S/C22H27NO5S/c1-12-11-27-20-14(3)21-18(9-17(12)20)13(2)16(22(26)28-21)5-6-19(25)23-15(10-24)7-8-29-4/h9,11,15,24H,5-8,10H2,1-4H3,(H,23,25)/t15-/m0/s1. The van der Waals surface area contributed by atoms with Gasteiger partial charge in [-0.3, -0.25) is 4.79 Å². The number of carbonyl (C=O) groups excluding carboxylic acids is 1. The molecule has 156 valence electrons. The predicted molar refractivity (Wildman–Crippen MR) is 117 cm³/mol. The van der Waals surface area contributed by atoms with E-state index in [1.54, 1.807) is 18.0 Å². The second kappa shape index (κ2) is 9.05. The van der Waals surface area contributed by atoms with E-state index >= 15 is 0 Å². The van der Waals surface area contributed by atoms with Crippen molar-refractivity contribution in [3.8, 4) is 0 Å². The molecule has 6 nitrogen and oxygen atoms in total. The Hall–Kier alpha value is -2.25. The molecule has 0 aliphatic rings. The zero-order valence-corrected chi connectivity index (χ0v) is 18.1. The molecular formula is C22H27NO5S. The van der Waals surface area contributed by atoms with Gasteiger partial charge in [-0.15, -0.1) is 0 Å². The molecule has 0 saturated carbocycles. The number of nitrogens with one attached hydrogen (secondary N) is 1. The Bertz CT molecular complexity index is 1100. The van der Waals surface area contributed by atoms with E-state index in [0.717, 1.165) is 38.8 Å². The SMILES string of the molecule is CSCC[C@@H](CO)NC(=O)CCc1c(C)c2cc3c(C)coc3c(C)c2oc1=O. The second-order valence-corrected chi connectivity index (χ2v) is 8.38. The third kappa shape index (κ3) is 4.36. The van der Waals surface area contributed by atoms with E-state index in [-0.39, 0.29) is 31.4 Å². The van der Waals surface area contributed by atoms with Crippen LogP contribution in [0.2, 0.25) is 0 Å². The molecule has 2 heterocycles. The Morgan fingerprint density at radius 2 is 1.97 bits per heavy atom. The molecule has 0 spiro atoms. The average Bonchev–Trinajstić information content (AvgIpc) is 3.07. The Balaban J connectivity index is 1.86. The van der Waals surface area contributed by atoms with Crippen LogP contribution in [0.1, 0.15) is 35.1 Å². The zero-order chi connectivity index (χ0) is 21.1. The number of thioether (sulfide) groups is 1. The van der Waals surface area contributed by atoms with E-state index in [9.17, 15) is 14.7 Å². The maximum absolute atomic E-state index is 12.6. The molecular weight excluding hydrogens is 390 g/mol. The lowest BCUT2D eigenvalue weighted by Crippen LogP contribution is -2.38. The average molecular weight is 418 g/mol. The van der Waals surface area contributed by atoms with E-state index in [1.165, 1.54) is 0 Å². The molecule has 7 heteroatoms. The fraction of sp³-hybridized carbons (Fsp3) is 0.455. The summed E-state index contributed by atoms with van der Waals surface area (Å²) < 4.78 is 11.2. The first-order valence-corrected chi connectivity index (χ1v) is 11.1. The quantitative estimate of drug-likeness (QED) is 0.544. The first kappa shape index (κ1) is 21.5. The van der Waals surface area contributed by atoms with Crippen LogP contribution in [-0.4, -0.2) is 35.7 Å². The Morgan fingerprint density at radius 3 is 2.66 bits per heavy atom. The van der Waals surface area contributed by atoms with E-state index in [0.29, 0.717) is 17.6 Å². The van der Waals surface area contributed by atoms with Gasteiger partial charge in [0.1, 0.15) is 11.2 Å². The smallest absolute Gasteiger partial charge is 0.339 e. The van der Waals surface area contributed by atoms with Crippen molar-refractivity contribution >= 4 is 39.6 Å². The van der Waals surface area contributed by atoms with Crippen LogP contribution in [0.5, 0.6) is 0 Å². The van der Waals surface area contributed by atoms with Crippen molar-refractivity contribution in [1.29, 1.82) is 0 Å². The van der Waals surface area contributed by atoms with Crippen LogP contribution in [-0.2, 0) is 11.2 Å². The van der Waals surface area contributed by atoms with Crippen LogP contribution < -0.4 is 10.9 Å². The van der Waals surface area contributed by atoms with Gasteiger partial charge in [-0.05, 0) is 62.8 Å². The van der Waals surface area contributed by atoms with Crippen molar-refractivity contribution < 1.29 is 18.7 Å². The minimum Gasteiger partial charge on any atom is -0.464 e. The third-order valence-corrected chi connectivity index (χ3v) is 6.04.